The number of halogens is 1. The third-order valence-corrected chi connectivity index (χ3v) is 3.44. The SMILES string of the molecule is O=C(c1ccccc1Cl)c1cnc2ccccc2c1O. The number of pyridine rings is 1. The van der Waals surface area contributed by atoms with E-state index in [0.717, 1.165) is 0 Å². The number of carbonyl (C=O) groups excluding carboxylic acids is 1. The molecule has 3 aromatic rings. The quantitative estimate of drug-likeness (QED) is 0.727. The van der Waals surface area contributed by atoms with Crippen molar-refractivity contribution in [3.05, 3.63) is 70.9 Å². The van der Waals surface area contributed by atoms with E-state index in [4.69, 9.17) is 11.6 Å². The zero-order valence-corrected chi connectivity index (χ0v) is 11.1. The van der Waals surface area contributed by atoms with Crippen molar-refractivity contribution in [2.75, 3.05) is 0 Å². The second-order valence-electron chi connectivity index (χ2n) is 4.35. The van der Waals surface area contributed by atoms with Crippen LogP contribution in [0.3, 0.4) is 0 Å². The van der Waals surface area contributed by atoms with E-state index in [-0.39, 0.29) is 17.1 Å². The van der Waals surface area contributed by atoms with Crippen molar-refractivity contribution in [3.63, 3.8) is 0 Å². The molecular weight excluding hydrogens is 274 g/mol. The lowest BCUT2D eigenvalue weighted by atomic mass is 10.0. The number of hydrogen-bond acceptors (Lipinski definition) is 3. The minimum absolute atomic E-state index is 0.0690. The molecule has 20 heavy (non-hydrogen) atoms. The maximum atomic E-state index is 12.4. The number of carbonyl (C=O) groups is 1. The zero-order chi connectivity index (χ0) is 14.1. The molecular formula is C16H10ClNO2. The Labute approximate surface area is 120 Å². The summed E-state index contributed by atoms with van der Waals surface area (Å²) in [5.41, 5.74) is 1.14. The summed E-state index contributed by atoms with van der Waals surface area (Å²) in [6.07, 6.45) is 1.38. The highest BCUT2D eigenvalue weighted by Crippen LogP contribution is 2.29. The Morgan fingerprint density at radius 1 is 1.00 bits per heavy atom. The summed E-state index contributed by atoms with van der Waals surface area (Å²) in [5, 5.41) is 11.2. The molecule has 0 fully saturated rings. The molecule has 3 nitrogen and oxygen atoms in total. The van der Waals surface area contributed by atoms with Crippen molar-refractivity contribution in [1.29, 1.82) is 0 Å². The van der Waals surface area contributed by atoms with Gasteiger partial charge in [0.2, 0.25) is 0 Å². The number of rotatable bonds is 2. The first-order valence-electron chi connectivity index (χ1n) is 6.04. The molecule has 2 aromatic carbocycles. The van der Waals surface area contributed by atoms with E-state index in [1.54, 1.807) is 42.5 Å². The van der Waals surface area contributed by atoms with Gasteiger partial charge in [0, 0.05) is 17.1 Å². The van der Waals surface area contributed by atoms with Crippen LogP contribution in [0, 0.1) is 0 Å². The average Bonchev–Trinajstić information content (AvgIpc) is 2.48. The van der Waals surface area contributed by atoms with Gasteiger partial charge in [-0.2, -0.15) is 0 Å². The van der Waals surface area contributed by atoms with Crippen molar-refractivity contribution in [2.45, 2.75) is 0 Å². The lowest BCUT2D eigenvalue weighted by molar-refractivity contribution is 0.103. The van der Waals surface area contributed by atoms with Crippen molar-refractivity contribution >= 4 is 28.3 Å². The third kappa shape index (κ3) is 2.02. The van der Waals surface area contributed by atoms with Gasteiger partial charge in [0.25, 0.3) is 0 Å². The third-order valence-electron chi connectivity index (χ3n) is 3.11. The molecule has 3 rings (SSSR count). The first kappa shape index (κ1) is 12.6. The number of benzene rings is 2. The van der Waals surface area contributed by atoms with E-state index in [0.29, 0.717) is 21.5 Å². The van der Waals surface area contributed by atoms with Gasteiger partial charge in [0.1, 0.15) is 5.75 Å². The van der Waals surface area contributed by atoms with Crippen LogP contribution in [0.2, 0.25) is 5.02 Å². The maximum absolute atomic E-state index is 12.4. The highest BCUT2D eigenvalue weighted by molar-refractivity contribution is 6.35. The number of nitrogens with zero attached hydrogens (tertiary/aromatic N) is 1. The molecule has 0 amide bonds. The molecule has 0 unspecified atom stereocenters. The molecule has 4 heteroatoms. The molecule has 0 bridgehead atoms. The number of fused-ring (bicyclic) bond motifs is 1. The lowest BCUT2D eigenvalue weighted by Crippen LogP contribution is -2.03. The topological polar surface area (TPSA) is 50.2 Å². The van der Waals surface area contributed by atoms with Crippen LogP contribution in [0.15, 0.2) is 54.7 Å². The highest BCUT2D eigenvalue weighted by Gasteiger charge is 2.18. The Morgan fingerprint density at radius 2 is 1.70 bits per heavy atom. The van der Waals surface area contributed by atoms with E-state index in [1.807, 2.05) is 6.07 Å². The largest absolute Gasteiger partial charge is 0.506 e. The Hall–Kier alpha value is -2.39. The predicted octanol–water partition coefficient (Wildman–Crippen LogP) is 3.82. The molecule has 0 saturated carbocycles. The van der Waals surface area contributed by atoms with Crippen molar-refractivity contribution in [1.82, 2.24) is 4.98 Å². The van der Waals surface area contributed by atoms with E-state index in [1.165, 1.54) is 6.20 Å². The van der Waals surface area contributed by atoms with Crippen LogP contribution in [0.25, 0.3) is 10.9 Å². The zero-order valence-electron chi connectivity index (χ0n) is 10.4. The molecule has 0 aliphatic rings. The van der Waals surface area contributed by atoms with E-state index < -0.39 is 0 Å². The fourth-order valence-electron chi connectivity index (χ4n) is 2.08. The van der Waals surface area contributed by atoms with Gasteiger partial charge in [-0.25, -0.2) is 0 Å². The van der Waals surface area contributed by atoms with Gasteiger partial charge in [-0.05, 0) is 24.3 Å². The van der Waals surface area contributed by atoms with Crippen LogP contribution in [0.1, 0.15) is 15.9 Å². The average molecular weight is 284 g/mol. The fraction of sp³-hybridized carbons (Fsp3) is 0. The molecule has 0 aliphatic carbocycles. The van der Waals surface area contributed by atoms with Gasteiger partial charge >= 0.3 is 0 Å². The first-order chi connectivity index (χ1) is 9.68. The van der Waals surface area contributed by atoms with Gasteiger partial charge in [-0.3, -0.25) is 9.78 Å². The summed E-state index contributed by atoms with van der Waals surface area (Å²) < 4.78 is 0. The van der Waals surface area contributed by atoms with Crippen LogP contribution >= 0.6 is 11.6 Å². The second-order valence-corrected chi connectivity index (χ2v) is 4.75. The van der Waals surface area contributed by atoms with Crippen LogP contribution < -0.4 is 0 Å². The highest BCUT2D eigenvalue weighted by atomic mass is 35.5. The first-order valence-corrected chi connectivity index (χ1v) is 6.42. The molecule has 0 atom stereocenters. The van der Waals surface area contributed by atoms with Crippen molar-refractivity contribution < 1.29 is 9.90 Å². The number of ketones is 1. The predicted molar refractivity (Wildman–Crippen MR) is 78.3 cm³/mol. The molecule has 1 N–H and O–H groups in total. The number of aromatic nitrogens is 1. The van der Waals surface area contributed by atoms with Gasteiger partial charge in [-0.15, -0.1) is 0 Å². The molecule has 0 saturated heterocycles. The Kier molecular flexibility index (Phi) is 3.12. The lowest BCUT2D eigenvalue weighted by Gasteiger charge is -2.07. The number of para-hydroxylation sites is 1. The van der Waals surface area contributed by atoms with Crippen LogP contribution in [0.4, 0.5) is 0 Å². The van der Waals surface area contributed by atoms with Crippen LogP contribution in [0.5, 0.6) is 5.75 Å². The van der Waals surface area contributed by atoms with Crippen LogP contribution in [-0.4, -0.2) is 15.9 Å². The minimum atomic E-state index is -0.341. The summed E-state index contributed by atoms with van der Waals surface area (Å²) >= 11 is 6.02. The molecule has 0 aliphatic heterocycles. The smallest absolute Gasteiger partial charge is 0.199 e. The monoisotopic (exact) mass is 283 g/mol. The standard InChI is InChI=1S/C16H10ClNO2/c17-13-7-3-1-5-10(13)15(19)12-9-18-14-8-4-2-6-11(14)16(12)20/h1-9H,(H,18,20). The molecule has 1 heterocycles. The van der Waals surface area contributed by atoms with Gasteiger partial charge in [0.05, 0.1) is 16.1 Å². The minimum Gasteiger partial charge on any atom is -0.506 e. The summed E-state index contributed by atoms with van der Waals surface area (Å²) in [7, 11) is 0. The Morgan fingerprint density at radius 3 is 2.50 bits per heavy atom. The van der Waals surface area contributed by atoms with Crippen molar-refractivity contribution in [3.8, 4) is 5.75 Å². The molecule has 0 radical (unpaired) electrons. The normalized spacial score (nSPS) is 10.7. The Balaban J connectivity index is 2.18. The van der Waals surface area contributed by atoms with Crippen molar-refractivity contribution in [2.24, 2.45) is 0 Å². The molecule has 98 valence electrons. The Bertz CT molecular complexity index is 814. The summed E-state index contributed by atoms with van der Waals surface area (Å²) in [5.74, 6) is -0.410. The van der Waals surface area contributed by atoms with Gasteiger partial charge in [0.15, 0.2) is 5.78 Å². The van der Waals surface area contributed by atoms with Gasteiger partial charge < -0.3 is 5.11 Å². The van der Waals surface area contributed by atoms with E-state index >= 15 is 0 Å². The molecule has 0 spiro atoms. The summed E-state index contributed by atoms with van der Waals surface area (Å²) in [6.45, 7) is 0. The van der Waals surface area contributed by atoms with Crippen LogP contribution in [-0.2, 0) is 0 Å². The summed E-state index contributed by atoms with van der Waals surface area (Å²) in [4.78, 5) is 16.6. The number of aromatic hydroxyl groups is 1. The van der Waals surface area contributed by atoms with E-state index in [2.05, 4.69) is 4.98 Å². The second kappa shape index (κ2) is 4.94. The van der Waals surface area contributed by atoms with Gasteiger partial charge in [-0.1, -0.05) is 35.9 Å². The fourth-order valence-corrected chi connectivity index (χ4v) is 2.30. The molecule has 1 aromatic heterocycles. The summed E-state index contributed by atoms with van der Waals surface area (Å²) in [6, 6.07) is 13.8. The van der Waals surface area contributed by atoms with E-state index in [9.17, 15) is 9.90 Å². The maximum Gasteiger partial charge on any atom is 0.199 e. The number of hydrogen-bond donors (Lipinski definition) is 1.